The maximum absolute atomic E-state index is 5.70. The first kappa shape index (κ1) is 9.19. The number of nitrogen functional groups attached to an aromatic ring is 1. The summed E-state index contributed by atoms with van der Waals surface area (Å²) < 4.78 is 5.32. The van der Waals surface area contributed by atoms with Crippen molar-refractivity contribution in [2.75, 3.05) is 30.8 Å². The van der Waals surface area contributed by atoms with Crippen LogP contribution < -0.4 is 15.4 Å². The van der Waals surface area contributed by atoms with Crippen molar-refractivity contribution < 1.29 is 4.74 Å². The molecule has 2 rings (SSSR count). The van der Waals surface area contributed by atoms with Crippen LogP contribution in [-0.4, -0.2) is 20.2 Å². The molecular weight excluding hydrogens is 176 g/mol. The molecule has 0 radical (unpaired) electrons. The van der Waals surface area contributed by atoms with E-state index in [0.717, 1.165) is 24.5 Å². The van der Waals surface area contributed by atoms with Gasteiger partial charge in [0.15, 0.2) is 0 Å². The summed E-state index contributed by atoms with van der Waals surface area (Å²) in [4.78, 5) is 2.35. The summed E-state index contributed by atoms with van der Waals surface area (Å²) in [7, 11) is 1.69. The number of nitrogens with two attached hydrogens (primary N) is 1. The number of ether oxygens (including phenoxy) is 1. The molecule has 0 unspecified atom stereocenters. The van der Waals surface area contributed by atoms with Crippen LogP contribution in [0.3, 0.4) is 0 Å². The molecule has 1 heterocycles. The van der Waals surface area contributed by atoms with Gasteiger partial charge >= 0.3 is 0 Å². The quantitative estimate of drug-likeness (QED) is 0.727. The van der Waals surface area contributed by atoms with Gasteiger partial charge in [-0.3, -0.25) is 0 Å². The van der Waals surface area contributed by atoms with Gasteiger partial charge in [0.2, 0.25) is 0 Å². The van der Waals surface area contributed by atoms with Gasteiger partial charge in [0.05, 0.1) is 12.8 Å². The number of methoxy groups -OCH3 is 1. The molecule has 0 amide bonds. The van der Waals surface area contributed by atoms with Crippen LogP contribution in [0.1, 0.15) is 12.8 Å². The van der Waals surface area contributed by atoms with Crippen LogP contribution in [0.25, 0.3) is 0 Å². The standard InChI is InChI=1S/C11H16N2O/c1-14-11-8-9(12)4-5-10(11)13-6-2-3-7-13/h4-5,8H,2-3,6-7,12H2,1H3. The van der Waals surface area contributed by atoms with Gasteiger partial charge in [-0.15, -0.1) is 0 Å². The first-order valence-corrected chi connectivity index (χ1v) is 5.00. The van der Waals surface area contributed by atoms with Gasteiger partial charge in [-0.25, -0.2) is 0 Å². The highest BCUT2D eigenvalue weighted by Crippen LogP contribution is 2.32. The Morgan fingerprint density at radius 3 is 2.64 bits per heavy atom. The molecule has 2 N–H and O–H groups in total. The van der Waals surface area contributed by atoms with Gasteiger partial charge < -0.3 is 15.4 Å². The monoisotopic (exact) mass is 192 g/mol. The molecule has 1 aliphatic heterocycles. The van der Waals surface area contributed by atoms with Crippen molar-refractivity contribution in [1.29, 1.82) is 0 Å². The molecule has 1 aliphatic rings. The third-order valence-corrected chi connectivity index (χ3v) is 2.65. The van der Waals surface area contributed by atoms with Crippen LogP contribution in [0, 0.1) is 0 Å². The Kier molecular flexibility index (Phi) is 2.48. The highest BCUT2D eigenvalue weighted by molar-refractivity contribution is 5.64. The Morgan fingerprint density at radius 1 is 1.29 bits per heavy atom. The molecular formula is C11H16N2O. The number of anilines is 2. The molecule has 0 spiro atoms. The van der Waals surface area contributed by atoms with Crippen molar-refractivity contribution in [3.63, 3.8) is 0 Å². The maximum atomic E-state index is 5.70. The number of benzene rings is 1. The van der Waals surface area contributed by atoms with Gasteiger partial charge in [-0.05, 0) is 25.0 Å². The van der Waals surface area contributed by atoms with Crippen molar-refractivity contribution in [2.45, 2.75) is 12.8 Å². The fourth-order valence-corrected chi connectivity index (χ4v) is 1.91. The number of hydrogen-bond donors (Lipinski definition) is 1. The molecule has 76 valence electrons. The van der Waals surface area contributed by atoms with Crippen molar-refractivity contribution in [3.05, 3.63) is 18.2 Å². The van der Waals surface area contributed by atoms with Gasteiger partial charge in [0, 0.05) is 24.8 Å². The Balaban J connectivity index is 2.31. The van der Waals surface area contributed by atoms with Crippen LogP contribution in [0.2, 0.25) is 0 Å². The molecule has 3 nitrogen and oxygen atoms in total. The summed E-state index contributed by atoms with van der Waals surface area (Å²) in [6.07, 6.45) is 2.54. The second kappa shape index (κ2) is 3.78. The molecule has 14 heavy (non-hydrogen) atoms. The fraction of sp³-hybridized carbons (Fsp3) is 0.455. The van der Waals surface area contributed by atoms with E-state index in [9.17, 15) is 0 Å². The molecule has 0 aliphatic carbocycles. The van der Waals surface area contributed by atoms with Crippen LogP contribution in [0.5, 0.6) is 5.75 Å². The van der Waals surface area contributed by atoms with E-state index in [1.165, 1.54) is 18.5 Å². The second-order valence-corrected chi connectivity index (χ2v) is 3.63. The lowest BCUT2D eigenvalue weighted by molar-refractivity contribution is 0.415. The molecule has 1 saturated heterocycles. The summed E-state index contributed by atoms with van der Waals surface area (Å²) in [5, 5.41) is 0. The normalized spacial score (nSPS) is 15.9. The van der Waals surface area contributed by atoms with Gasteiger partial charge in [0.25, 0.3) is 0 Å². The van der Waals surface area contributed by atoms with Crippen LogP contribution in [0.4, 0.5) is 11.4 Å². The highest BCUT2D eigenvalue weighted by atomic mass is 16.5. The summed E-state index contributed by atoms with van der Waals surface area (Å²) in [6.45, 7) is 2.25. The Bertz CT molecular complexity index is 319. The Labute approximate surface area is 84.5 Å². The predicted octanol–water partition coefficient (Wildman–Crippen LogP) is 1.88. The van der Waals surface area contributed by atoms with Gasteiger partial charge in [-0.2, -0.15) is 0 Å². The maximum Gasteiger partial charge on any atom is 0.144 e. The lowest BCUT2D eigenvalue weighted by Crippen LogP contribution is -2.18. The Hall–Kier alpha value is -1.38. The summed E-state index contributed by atoms with van der Waals surface area (Å²) in [5.74, 6) is 0.881. The average molecular weight is 192 g/mol. The average Bonchev–Trinajstić information content (AvgIpc) is 2.70. The van der Waals surface area contributed by atoms with Crippen LogP contribution >= 0.6 is 0 Å². The van der Waals surface area contributed by atoms with Crippen molar-refractivity contribution in [2.24, 2.45) is 0 Å². The zero-order valence-electron chi connectivity index (χ0n) is 8.49. The molecule has 1 aromatic carbocycles. The third-order valence-electron chi connectivity index (χ3n) is 2.65. The Morgan fingerprint density at radius 2 is 2.00 bits per heavy atom. The van der Waals surface area contributed by atoms with E-state index >= 15 is 0 Å². The van der Waals surface area contributed by atoms with E-state index in [2.05, 4.69) is 4.90 Å². The topological polar surface area (TPSA) is 38.5 Å². The summed E-state index contributed by atoms with van der Waals surface area (Å²) in [5.41, 5.74) is 7.62. The van der Waals surface area contributed by atoms with Crippen molar-refractivity contribution in [3.8, 4) is 5.75 Å². The van der Waals surface area contributed by atoms with E-state index in [4.69, 9.17) is 10.5 Å². The zero-order chi connectivity index (χ0) is 9.97. The number of rotatable bonds is 2. The van der Waals surface area contributed by atoms with E-state index in [0.29, 0.717) is 0 Å². The minimum absolute atomic E-state index is 0.754. The third kappa shape index (κ3) is 1.62. The smallest absolute Gasteiger partial charge is 0.144 e. The van der Waals surface area contributed by atoms with Gasteiger partial charge in [0.1, 0.15) is 5.75 Å². The predicted molar refractivity (Wildman–Crippen MR) is 58.9 cm³/mol. The van der Waals surface area contributed by atoms with E-state index in [-0.39, 0.29) is 0 Å². The first-order valence-electron chi connectivity index (χ1n) is 5.00. The molecule has 0 atom stereocenters. The zero-order valence-corrected chi connectivity index (χ0v) is 8.49. The number of nitrogens with zero attached hydrogens (tertiary/aromatic N) is 1. The molecule has 1 fully saturated rings. The fourth-order valence-electron chi connectivity index (χ4n) is 1.91. The first-order chi connectivity index (χ1) is 6.81. The summed E-state index contributed by atoms with van der Waals surface area (Å²) >= 11 is 0. The largest absolute Gasteiger partial charge is 0.495 e. The molecule has 1 aromatic rings. The van der Waals surface area contributed by atoms with E-state index in [1.54, 1.807) is 7.11 Å². The van der Waals surface area contributed by atoms with E-state index < -0.39 is 0 Å². The van der Waals surface area contributed by atoms with Crippen molar-refractivity contribution >= 4 is 11.4 Å². The van der Waals surface area contributed by atoms with E-state index in [1.807, 2.05) is 18.2 Å². The minimum Gasteiger partial charge on any atom is -0.495 e. The second-order valence-electron chi connectivity index (χ2n) is 3.63. The van der Waals surface area contributed by atoms with Crippen LogP contribution in [0.15, 0.2) is 18.2 Å². The lowest BCUT2D eigenvalue weighted by atomic mass is 10.2. The highest BCUT2D eigenvalue weighted by Gasteiger charge is 2.15. The number of hydrogen-bond acceptors (Lipinski definition) is 3. The molecule has 0 saturated carbocycles. The summed E-state index contributed by atoms with van der Waals surface area (Å²) in [6, 6.07) is 5.85. The van der Waals surface area contributed by atoms with Gasteiger partial charge in [-0.1, -0.05) is 0 Å². The van der Waals surface area contributed by atoms with Crippen molar-refractivity contribution in [1.82, 2.24) is 0 Å². The molecule has 3 heteroatoms. The lowest BCUT2D eigenvalue weighted by Gasteiger charge is -2.20. The van der Waals surface area contributed by atoms with Crippen LogP contribution in [-0.2, 0) is 0 Å². The molecule has 0 aromatic heterocycles. The SMILES string of the molecule is COc1cc(N)ccc1N1CCCC1. The molecule has 0 bridgehead atoms. The minimum atomic E-state index is 0.754.